The minimum absolute atomic E-state index is 0.0580. The summed E-state index contributed by atoms with van der Waals surface area (Å²) < 4.78 is 10.7. The number of nitro groups is 1. The Morgan fingerprint density at radius 3 is 2.73 bits per heavy atom. The number of anilines is 1. The molecule has 3 aromatic rings. The van der Waals surface area contributed by atoms with Gasteiger partial charge in [0.15, 0.2) is 0 Å². The summed E-state index contributed by atoms with van der Waals surface area (Å²) in [7, 11) is 1.27. The molecular formula is C21H19N3O7S2. The number of hydrogen-bond acceptors (Lipinski definition) is 9. The second kappa shape index (κ2) is 9.16. The highest BCUT2D eigenvalue weighted by Crippen LogP contribution is 2.38. The zero-order valence-corrected chi connectivity index (χ0v) is 19.3. The Morgan fingerprint density at radius 1 is 1.24 bits per heavy atom. The molecule has 1 aliphatic rings. The lowest BCUT2D eigenvalue weighted by Crippen LogP contribution is -2.36. The first kappa shape index (κ1) is 22.7. The van der Waals surface area contributed by atoms with Crippen LogP contribution in [0, 0.1) is 10.1 Å². The maximum atomic E-state index is 13.0. The van der Waals surface area contributed by atoms with Crippen molar-refractivity contribution in [2.45, 2.75) is 19.9 Å². The number of amides is 2. The van der Waals surface area contributed by atoms with Crippen molar-refractivity contribution in [3.05, 3.63) is 55.3 Å². The molecule has 1 aliphatic heterocycles. The Kier molecular flexibility index (Phi) is 6.29. The van der Waals surface area contributed by atoms with Crippen LogP contribution in [0.4, 0.5) is 15.5 Å². The van der Waals surface area contributed by atoms with Gasteiger partial charge in [0.05, 0.1) is 35.6 Å². The van der Waals surface area contributed by atoms with E-state index in [-0.39, 0.29) is 24.4 Å². The van der Waals surface area contributed by atoms with Gasteiger partial charge in [0, 0.05) is 33.6 Å². The standard InChI is InChI=1S/C21H19N3O7S2/c1-3-31-21(27)23-7-6-13-16(10-23)33-19(17(13)20(26)30-2)22-18(25)15-9-11-8-12(24(28)29)4-5-14(11)32-15/h4-5,8-9H,3,6-7,10H2,1-2H3,(H,22,25). The number of esters is 1. The molecule has 0 radical (unpaired) electrons. The minimum Gasteiger partial charge on any atom is -0.465 e. The van der Waals surface area contributed by atoms with Crippen molar-refractivity contribution < 1.29 is 28.8 Å². The van der Waals surface area contributed by atoms with Gasteiger partial charge in [-0.1, -0.05) is 0 Å². The first-order valence-corrected chi connectivity index (χ1v) is 11.6. The van der Waals surface area contributed by atoms with E-state index >= 15 is 0 Å². The van der Waals surface area contributed by atoms with Gasteiger partial charge in [-0.05, 0) is 31.0 Å². The van der Waals surface area contributed by atoms with Crippen LogP contribution in [0.2, 0.25) is 0 Å². The normalized spacial score (nSPS) is 12.8. The van der Waals surface area contributed by atoms with Crippen LogP contribution in [0.3, 0.4) is 0 Å². The molecule has 2 aromatic heterocycles. The van der Waals surface area contributed by atoms with Crippen LogP contribution in [0.25, 0.3) is 10.1 Å². The molecule has 1 N–H and O–H groups in total. The fourth-order valence-corrected chi connectivity index (χ4v) is 5.79. The van der Waals surface area contributed by atoms with Crippen molar-refractivity contribution in [1.82, 2.24) is 4.90 Å². The van der Waals surface area contributed by atoms with Crippen LogP contribution < -0.4 is 5.32 Å². The number of carbonyl (C=O) groups excluding carboxylic acids is 3. The van der Waals surface area contributed by atoms with E-state index in [1.807, 2.05) is 0 Å². The van der Waals surface area contributed by atoms with Crippen LogP contribution in [-0.4, -0.2) is 48.1 Å². The van der Waals surface area contributed by atoms with E-state index in [2.05, 4.69) is 5.32 Å². The molecule has 1 aromatic carbocycles. The van der Waals surface area contributed by atoms with Crippen molar-refractivity contribution in [2.24, 2.45) is 0 Å². The highest BCUT2D eigenvalue weighted by molar-refractivity contribution is 7.21. The molecule has 0 saturated carbocycles. The molecule has 0 saturated heterocycles. The van der Waals surface area contributed by atoms with Crippen molar-refractivity contribution in [2.75, 3.05) is 25.6 Å². The van der Waals surface area contributed by atoms with Crippen LogP contribution >= 0.6 is 22.7 Å². The van der Waals surface area contributed by atoms with Gasteiger partial charge < -0.3 is 19.7 Å². The molecule has 10 nitrogen and oxygen atoms in total. The van der Waals surface area contributed by atoms with E-state index in [1.165, 1.54) is 41.9 Å². The molecule has 2 amide bonds. The van der Waals surface area contributed by atoms with Gasteiger partial charge in [-0.15, -0.1) is 22.7 Å². The third kappa shape index (κ3) is 4.39. The summed E-state index contributed by atoms with van der Waals surface area (Å²) >= 11 is 2.41. The molecule has 3 heterocycles. The number of hydrogen-bond donors (Lipinski definition) is 1. The first-order valence-electron chi connectivity index (χ1n) is 9.96. The molecule has 4 rings (SSSR count). The number of fused-ring (bicyclic) bond motifs is 2. The fraction of sp³-hybridized carbons (Fsp3) is 0.286. The first-order chi connectivity index (χ1) is 15.8. The number of thiophene rings is 2. The Labute approximate surface area is 195 Å². The number of benzene rings is 1. The average molecular weight is 490 g/mol. The summed E-state index contributed by atoms with van der Waals surface area (Å²) in [5, 5.41) is 14.7. The maximum Gasteiger partial charge on any atom is 0.410 e. The van der Waals surface area contributed by atoms with Crippen molar-refractivity contribution in [1.29, 1.82) is 0 Å². The predicted molar refractivity (Wildman–Crippen MR) is 123 cm³/mol. The molecule has 12 heteroatoms. The van der Waals surface area contributed by atoms with Crippen molar-refractivity contribution >= 4 is 61.4 Å². The fourth-order valence-electron chi connectivity index (χ4n) is 3.60. The summed E-state index contributed by atoms with van der Waals surface area (Å²) in [6, 6.07) is 5.98. The Hall–Kier alpha value is -3.51. The van der Waals surface area contributed by atoms with Crippen LogP contribution in [-0.2, 0) is 22.4 Å². The second-order valence-corrected chi connectivity index (χ2v) is 9.30. The Bertz CT molecular complexity index is 1280. The minimum atomic E-state index is -0.570. The van der Waals surface area contributed by atoms with E-state index in [1.54, 1.807) is 24.0 Å². The summed E-state index contributed by atoms with van der Waals surface area (Å²) in [4.78, 5) is 50.8. The SMILES string of the molecule is CCOC(=O)N1CCc2c(sc(NC(=O)c3cc4cc([N+](=O)[O-])ccc4s3)c2C(=O)OC)C1. The zero-order valence-electron chi connectivity index (χ0n) is 17.7. The lowest BCUT2D eigenvalue weighted by Gasteiger charge is -2.26. The summed E-state index contributed by atoms with van der Waals surface area (Å²) in [6.45, 7) is 2.65. The third-order valence-electron chi connectivity index (χ3n) is 5.13. The van der Waals surface area contributed by atoms with Crippen LogP contribution in [0.1, 0.15) is 37.4 Å². The number of methoxy groups -OCH3 is 1. The number of carbonyl (C=O) groups is 3. The molecule has 0 aliphatic carbocycles. The summed E-state index contributed by atoms with van der Waals surface area (Å²) in [5.41, 5.74) is 0.970. The lowest BCUT2D eigenvalue weighted by molar-refractivity contribution is -0.384. The molecule has 0 fully saturated rings. The van der Waals surface area contributed by atoms with E-state index in [9.17, 15) is 24.5 Å². The monoisotopic (exact) mass is 489 g/mol. The highest BCUT2D eigenvalue weighted by atomic mass is 32.1. The van der Waals surface area contributed by atoms with Gasteiger partial charge in [0.2, 0.25) is 0 Å². The number of nitrogens with zero attached hydrogens (tertiary/aromatic N) is 2. The molecule has 0 spiro atoms. The van der Waals surface area contributed by atoms with Crippen molar-refractivity contribution in [3.8, 4) is 0 Å². The maximum absolute atomic E-state index is 13.0. The number of ether oxygens (including phenoxy) is 2. The predicted octanol–water partition coefficient (Wildman–Crippen LogP) is 4.42. The smallest absolute Gasteiger partial charge is 0.410 e. The van der Waals surface area contributed by atoms with Crippen LogP contribution in [0.15, 0.2) is 24.3 Å². The molecule has 172 valence electrons. The second-order valence-electron chi connectivity index (χ2n) is 7.11. The molecular weight excluding hydrogens is 470 g/mol. The largest absolute Gasteiger partial charge is 0.465 e. The highest BCUT2D eigenvalue weighted by Gasteiger charge is 2.31. The Morgan fingerprint density at radius 2 is 2.03 bits per heavy atom. The van der Waals surface area contributed by atoms with E-state index in [0.29, 0.717) is 28.2 Å². The van der Waals surface area contributed by atoms with E-state index in [0.717, 1.165) is 15.1 Å². The Balaban J connectivity index is 1.63. The van der Waals surface area contributed by atoms with Gasteiger partial charge in [-0.25, -0.2) is 9.59 Å². The number of rotatable bonds is 5. The molecule has 0 bridgehead atoms. The summed E-state index contributed by atoms with van der Waals surface area (Å²) in [5.74, 6) is -1.01. The van der Waals surface area contributed by atoms with E-state index < -0.39 is 22.9 Å². The van der Waals surface area contributed by atoms with Gasteiger partial charge in [-0.2, -0.15) is 0 Å². The van der Waals surface area contributed by atoms with Crippen LogP contribution in [0.5, 0.6) is 0 Å². The van der Waals surface area contributed by atoms with Gasteiger partial charge in [-0.3, -0.25) is 14.9 Å². The molecule has 33 heavy (non-hydrogen) atoms. The number of non-ortho nitro benzene ring substituents is 1. The van der Waals surface area contributed by atoms with Gasteiger partial charge >= 0.3 is 12.1 Å². The number of nitro benzene ring substituents is 1. The molecule has 0 atom stereocenters. The lowest BCUT2D eigenvalue weighted by atomic mass is 10.0. The van der Waals surface area contributed by atoms with Gasteiger partial charge in [0.1, 0.15) is 5.00 Å². The van der Waals surface area contributed by atoms with E-state index in [4.69, 9.17) is 9.47 Å². The number of nitrogens with one attached hydrogen (secondary N) is 1. The zero-order chi connectivity index (χ0) is 23.7. The quantitative estimate of drug-likeness (QED) is 0.319. The molecule has 0 unspecified atom stereocenters. The summed E-state index contributed by atoms with van der Waals surface area (Å²) in [6.07, 6.45) is -0.00143. The topological polar surface area (TPSA) is 128 Å². The third-order valence-corrected chi connectivity index (χ3v) is 7.38. The average Bonchev–Trinajstić information content (AvgIpc) is 3.38. The van der Waals surface area contributed by atoms with Gasteiger partial charge in [0.25, 0.3) is 11.6 Å². The van der Waals surface area contributed by atoms with Crippen molar-refractivity contribution in [3.63, 3.8) is 0 Å².